The van der Waals surface area contributed by atoms with Crippen molar-refractivity contribution in [3.63, 3.8) is 0 Å². The number of amides is 2. The van der Waals surface area contributed by atoms with E-state index in [0.717, 1.165) is 44.5 Å². The molecular weight excluding hydrogens is 342 g/mol. The number of carbonyl (C=O) groups is 2. The lowest BCUT2D eigenvalue weighted by atomic mass is 9.78. The summed E-state index contributed by atoms with van der Waals surface area (Å²) in [6, 6.07) is 2.96. The van der Waals surface area contributed by atoms with Crippen LogP contribution in [0.5, 0.6) is 5.75 Å². The zero-order valence-corrected chi connectivity index (χ0v) is 15.0. The predicted molar refractivity (Wildman–Crippen MR) is 91.6 cm³/mol. The second-order valence-electron chi connectivity index (χ2n) is 7.10. The predicted octanol–water partition coefficient (Wildman–Crippen LogP) is 2.59. The molecule has 1 spiro atoms. The third-order valence-electron chi connectivity index (χ3n) is 5.27. The van der Waals surface area contributed by atoms with Gasteiger partial charge in [0.15, 0.2) is 18.2 Å². The second-order valence-corrected chi connectivity index (χ2v) is 7.10. The van der Waals surface area contributed by atoms with Crippen molar-refractivity contribution in [3.05, 3.63) is 29.8 Å². The molecule has 1 aromatic rings. The highest BCUT2D eigenvalue weighted by Crippen LogP contribution is 2.40. The Morgan fingerprint density at radius 2 is 2.08 bits per heavy atom. The maximum Gasteiger partial charge on any atom is 0.260 e. The largest absolute Gasteiger partial charge is 0.481 e. The Morgan fingerprint density at radius 1 is 1.27 bits per heavy atom. The van der Waals surface area contributed by atoms with Gasteiger partial charge in [0.25, 0.3) is 5.91 Å². The van der Waals surface area contributed by atoms with Crippen LogP contribution in [0.2, 0.25) is 0 Å². The summed E-state index contributed by atoms with van der Waals surface area (Å²) in [5.41, 5.74) is -0.482. The standard InChI is InChI=1S/C19H24F2N2O3/c1-2-8-22-9-3-6-19(18(22)25)7-10-23(13-19)17(24)12-26-16-5-4-14(20)11-15(16)21/h4-5,11H,2-3,6-10,12-13H2,1H3/t19-/m0/s1. The molecule has 0 saturated carbocycles. The monoisotopic (exact) mass is 366 g/mol. The molecule has 2 saturated heterocycles. The number of ether oxygens (including phenoxy) is 1. The van der Waals surface area contributed by atoms with Crippen molar-refractivity contribution in [1.29, 1.82) is 0 Å². The van der Waals surface area contributed by atoms with Crippen molar-refractivity contribution < 1.29 is 23.1 Å². The number of rotatable bonds is 5. The number of hydrogen-bond acceptors (Lipinski definition) is 3. The van der Waals surface area contributed by atoms with Gasteiger partial charge in [-0.2, -0.15) is 0 Å². The normalized spacial score (nSPS) is 23.0. The van der Waals surface area contributed by atoms with E-state index in [0.29, 0.717) is 25.6 Å². The first kappa shape index (κ1) is 18.6. The zero-order chi connectivity index (χ0) is 18.7. The molecule has 2 aliphatic rings. The fourth-order valence-electron chi connectivity index (χ4n) is 3.92. The van der Waals surface area contributed by atoms with Crippen molar-refractivity contribution in [1.82, 2.24) is 9.80 Å². The Morgan fingerprint density at radius 3 is 2.81 bits per heavy atom. The van der Waals surface area contributed by atoms with Crippen LogP contribution < -0.4 is 4.74 Å². The first-order valence-corrected chi connectivity index (χ1v) is 9.10. The van der Waals surface area contributed by atoms with Crippen molar-refractivity contribution in [2.45, 2.75) is 32.6 Å². The Hall–Kier alpha value is -2.18. The van der Waals surface area contributed by atoms with Crippen molar-refractivity contribution >= 4 is 11.8 Å². The minimum Gasteiger partial charge on any atom is -0.481 e. The molecule has 1 aromatic carbocycles. The highest BCUT2D eigenvalue weighted by Gasteiger charge is 2.49. The van der Waals surface area contributed by atoms with E-state index in [1.165, 1.54) is 0 Å². The van der Waals surface area contributed by atoms with Crippen LogP contribution in [0.1, 0.15) is 32.6 Å². The van der Waals surface area contributed by atoms with Gasteiger partial charge in [0.2, 0.25) is 5.91 Å². The third-order valence-corrected chi connectivity index (χ3v) is 5.27. The molecule has 1 atom stereocenters. The summed E-state index contributed by atoms with van der Waals surface area (Å²) in [4.78, 5) is 28.8. The molecule has 0 unspecified atom stereocenters. The van der Waals surface area contributed by atoms with Crippen molar-refractivity contribution in [3.8, 4) is 5.75 Å². The summed E-state index contributed by atoms with van der Waals surface area (Å²) in [5.74, 6) is -1.84. The van der Waals surface area contributed by atoms with Gasteiger partial charge in [-0.3, -0.25) is 9.59 Å². The summed E-state index contributed by atoms with van der Waals surface area (Å²) in [6.45, 7) is 4.15. The maximum atomic E-state index is 13.6. The fraction of sp³-hybridized carbons (Fsp3) is 0.579. The molecule has 2 heterocycles. The van der Waals surface area contributed by atoms with E-state index in [1.54, 1.807) is 4.90 Å². The van der Waals surface area contributed by atoms with Crippen LogP contribution in [0, 0.1) is 17.0 Å². The number of piperidine rings is 1. The van der Waals surface area contributed by atoms with E-state index < -0.39 is 17.0 Å². The molecule has 26 heavy (non-hydrogen) atoms. The summed E-state index contributed by atoms with van der Waals surface area (Å²) in [7, 11) is 0. The van der Waals surface area contributed by atoms with Crippen molar-refractivity contribution in [2.75, 3.05) is 32.8 Å². The molecule has 2 amide bonds. The maximum absolute atomic E-state index is 13.6. The second kappa shape index (κ2) is 7.60. The lowest BCUT2D eigenvalue weighted by Crippen LogP contribution is -2.50. The first-order valence-electron chi connectivity index (χ1n) is 9.10. The third kappa shape index (κ3) is 3.66. The Kier molecular flexibility index (Phi) is 5.44. The molecule has 5 nitrogen and oxygen atoms in total. The van der Waals surface area contributed by atoms with Gasteiger partial charge < -0.3 is 14.5 Å². The average molecular weight is 366 g/mol. The summed E-state index contributed by atoms with van der Waals surface area (Å²) >= 11 is 0. The first-order chi connectivity index (χ1) is 12.4. The highest BCUT2D eigenvalue weighted by atomic mass is 19.1. The summed E-state index contributed by atoms with van der Waals surface area (Å²) in [5, 5.41) is 0. The zero-order valence-electron chi connectivity index (χ0n) is 15.0. The lowest BCUT2D eigenvalue weighted by Gasteiger charge is -2.39. The average Bonchev–Trinajstić information content (AvgIpc) is 3.03. The molecule has 0 radical (unpaired) electrons. The van der Waals surface area contributed by atoms with Gasteiger partial charge in [0.05, 0.1) is 5.41 Å². The number of halogens is 2. The Labute approximate surface area is 151 Å². The molecular formula is C19H24F2N2O3. The smallest absolute Gasteiger partial charge is 0.260 e. The van der Waals surface area contributed by atoms with Gasteiger partial charge in [-0.1, -0.05) is 6.92 Å². The molecule has 2 aliphatic heterocycles. The number of nitrogens with zero attached hydrogens (tertiary/aromatic N) is 2. The number of hydrogen-bond donors (Lipinski definition) is 0. The minimum absolute atomic E-state index is 0.145. The van der Waals surface area contributed by atoms with Gasteiger partial charge in [-0.05, 0) is 37.8 Å². The van der Waals surface area contributed by atoms with E-state index >= 15 is 0 Å². The van der Waals surface area contributed by atoms with Crippen LogP contribution in [-0.4, -0.2) is 54.4 Å². The van der Waals surface area contributed by atoms with E-state index in [1.807, 2.05) is 11.8 Å². The molecule has 3 rings (SSSR count). The van der Waals surface area contributed by atoms with Gasteiger partial charge >= 0.3 is 0 Å². The fourth-order valence-corrected chi connectivity index (χ4v) is 3.92. The van der Waals surface area contributed by atoms with Crippen LogP contribution in [0.3, 0.4) is 0 Å². The number of benzene rings is 1. The lowest BCUT2D eigenvalue weighted by molar-refractivity contribution is -0.146. The molecule has 0 aliphatic carbocycles. The van der Waals surface area contributed by atoms with Gasteiger partial charge in [0, 0.05) is 32.2 Å². The highest BCUT2D eigenvalue weighted by molar-refractivity contribution is 5.86. The molecule has 7 heteroatoms. The minimum atomic E-state index is -0.839. The Balaban J connectivity index is 1.59. The topological polar surface area (TPSA) is 49.9 Å². The van der Waals surface area contributed by atoms with Gasteiger partial charge in [-0.15, -0.1) is 0 Å². The number of likely N-dealkylation sites (tertiary alicyclic amines) is 2. The SMILES string of the molecule is CCCN1CCC[C@@]2(CCN(C(=O)COc3ccc(F)cc3F)C2)C1=O. The van der Waals surface area contributed by atoms with E-state index in [9.17, 15) is 18.4 Å². The van der Waals surface area contributed by atoms with E-state index in [2.05, 4.69) is 0 Å². The summed E-state index contributed by atoms with van der Waals surface area (Å²) in [6.07, 6.45) is 3.32. The number of carbonyl (C=O) groups excluding carboxylic acids is 2. The van der Waals surface area contributed by atoms with Crippen LogP contribution in [0.25, 0.3) is 0 Å². The van der Waals surface area contributed by atoms with Crippen LogP contribution in [0.4, 0.5) is 8.78 Å². The quantitative estimate of drug-likeness (QED) is 0.805. The van der Waals surface area contributed by atoms with E-state index in [-0.39, 0.29) is 24.2 Å². The molecule has 0 N–H and O–H groups in total. The van der Waals surface area contributed by atoms with Crippen LogP contribution in [0.15, 0.2) is 18.2 Å². The van der Waals surface area contributed by atoms with Crippen LogP contribution >= 0.6 is 0 Å². The van der Waals surface area contributed by atoms with Crippen molar-refractivity contribution in [2.24, 2.45) is 5.41 Å². The summed E-state index contributed by atoms with van der Waals surface area (Å²) < 4.78 is 31.7. The van der Waals surface area contributed by atoms with Gasteiger partial charge in [0.1, 0.15) is 5.82 Å². The molecule has 2 fully saturated rings. The van der Waals surface area contributed by atoms with E-state index in [4.69, 9.17) is 4.74 Å². The Bertz CT molecular complexity index is 695. The van der Waals surface area contributed by atoms with Gasteiger partial charge in [-0.25, -0.2) is 8.78 Å². The molecule has 0 bridgehead atoms. The van der Waals surface area contributed by atoms with Crippen LogP contribution in [-0.2, 0) is 9.59 Å². The molecule has 142 valence electrons. The molecule has 0 aromatic heterocycles.